The van der Waals surface area contributed by atoms with Crippen LogP contribution in [0.25, 0.3) is 0 Å². The van der Waals surface area contributed by atoms with E-state index in [0.717, 1.165) is 10.5 Å². The van der Waals surface area contributed by atoms with Crippen molar-refractivity contribution in [1.82, 2.24) is 4.90 Å². The van der Waals surface area contributed by atoms with Gasteiger partial charge < -0.3 is 33.2 Å². The van der Waals surface area contributed by atoms with Crippen molar-refractivity contribution in [3.63, 3.8) is 0 Å². The fourth-order valence-electron chi connectivity index (χ4n) is 3.98. The number of ether oxygens (including phenoxy) is 5. The SMILES string of the molecule is CO[C@@H](C(=O)N1C(=O)OC[C@H]1c1ccccc1)[C@@H](OC(C)=O)c1cc(Br)c(CCCOCCOCCO)o1. The Morgan fingerprint density at radius 2 is 1.87 bits per heavy atom. The van der Waals surface area contributed by atoms with Crippen molar-refractivity contribution >= 4 is 33.9 Å². The Morgan fingerprint density at radius 1 is 1.16 bits per heavy atom. The number of carbonyl (C=O) groups is 3. The van der Waals surface area contributed by atoms with E-state index in [1.807, 2.05) is 6.07 Å². The second kappa shape index (κ2) is 15.0. The molecule has 12 heteroatoms. The lowest BCUT2D eigenvalue weighted by Gasteiger charge is -2.28. The van der Waals surface area contributed by atoms with Gasteiger partial charge in [0.05, 0.1) is 30.9 Å². The number of cyclic esters (lactones) is 1. The maximum absolute atomic E-state index is 13.6. The van der Waals surface area contributed by atoms with Crippen LogP contribution in [0.15, 0.2) is 45.3 Å². The molecule has 0 spiro atoms. The van der Waals surface area contributed by atoms with E-state index in [1.165, 1.54) is 14.0 Å². The third kappa shape index (κ3) is 7.87. The van der Waals surface area contributed by atoms with Gasteiger partial charge in [0.15, 0.2) is 12.2 Å². The Balaban J connectivity index is 1.73. The summed E-state index contributed by atoms with van der Waals surface area (Å²) in [5.41, 5.74) is 0.718. The second-order valence-electron chi connectivity index (χ2n) is 8.37. The van der Waals surface area contributed by atoms with Crippen LogP contribution in [0, 0.1) is 0 Å². The van der Waals surface area contributed by atoms with E-state index in [1.54, 1.807) is 30.3 Å². The van der Waals surface area contributed by atoms with Crippen LogP contribution in [0.2, 0.25) is 0 Å². The lowest BCUT2D eigenvalue weighted by Crippen LogP contribution is -2.45. The topological polar surface area (TPSA) is 134 Å². The van der Waals surface area contributed by atoms with Crippen molar-refractivity contribution in [3.05, 3.63) is 58.0 Å². The zero-order chi connectivity index (χ0) is 27.5. The van der Waals surface area contributed by atoms with E-state index >= 15 is 0 Å². The molecule has 1 saturated heterocycles. The molecular formula is C26H32BrNO10. The van der Waals surface area contributed by atoms with Gasteiger partial charge in [-0.15, -0.1) is 0 Å². The Labute approximate surface area is 229 Å². The molecule has 0 radical (unpaired) electrons. The zero-order valence-electron chi connectivity index (χ0n) is 21.3. The quantitative estimate of drug-likeness (QED) is 0.240. The minimum absolute atomic E-state index is 0.00463. The van der Waals surface area contributed by atoms with E-state index in [-0.39, 0.29) is 25.6 Å². The van der Waals surface area contributed by atoms with Crippen LogP contribution in [-0.4, -0.2) is 80.8 Å². The summed E-state index contributed by atoms with van der Waals surface area (Å²) < 4.78 is 33.4. The van der Waals surface area contributed by atoms with Crippen molar-refractivity contribution in [2.45, 2.75) is 38.0 Å². The number of rotatable bonds is 15. The van der Waals surface area contributed by atoms with Crippen LogP contribution in [-0.2, 0) is 39.7 Å². The summed E-state index contributed by atoms with van der Waals surface area (Å²) in [5.74, 6) is -0.618. The minimum Gasteiger partial charge on any atom is -0.461 e. The number of carbonyl (C=O) groups excluding carboxylic acids is 3. The molecule has 1 aliphatic rings. The molecule has 1 aromatic heterocycles. The number of esters is 1. The Bertz CT molecular complexity index is 1060. The van der Waals surface area contributed by atoms with Gasteiger partial charge in [-0.25, -0.2) is 9.69 Å². The monoisotopic (exact) mass is 597 g/mol. The number of hydrogen-bond donors (Lipinski definition) is 1. The average Bonchev–Trinajstić information content (AvgIpc) is 3.47. The number of imide groups is 1. The van der Waals surface area contributed by atoms with Crippen molar-refractivity contribution in [2.75, 3.05) is 46.8 Å². The van der Waals surface area contributed by atoms with Gasteiger partial charge in [-0.05, 0) is 34.0 Å². The molecule has 0 unspecified atom stereocenters. The summed E-state index contributed by atoms with van der Waals surface area (Å²) in [5, 5.41) is 8.70. The minimum atomic E-state index is -1.37. The molecule has 1 aromatic carbocycles. The highest BCUT2D eigenvalue weighted by atomic mass is 79.9. The van der Waals surface area contributed by atoms with Crippen molar-refractivity contribution < 1.29 is 47.6 Å². The third-order valence-electron chi connectivity index (χ3n) is 5.72. The molecule has 0 saturated carbocycles. The average molecular weight is 598 g/mol. The van der Waals surface area contributed by atoms with Gasteiger partial charge in [-0.1, -0.05) is 30.3 Å². The number of furan rings is 1. The van der Waals surface area contributed by atoms with Crippen LogP contribution in [0.1, 0.15) is 42.6 Å². The van der Waals surface area contributed by atoms with E-state index in [0.29, 0.717) is 42.9 Å². The van der Waals surface area contributed by atoms with Gasteiger partial charge in [-0.2, -0.15) is 0 Å². The highest BCUT2D eigenvalue weighted by molar-refractivity contribution is 9.10. The van der Waals surface area contributed by atoms with E-state index in [9.17, 15) is 14.4 Å². The summed E-state index contributed by atoms with van der Waals surface area (Å²) in [6.45, 7) is 2.69. The maximum atomic E-state index is 13.6. The van der Waals surface area contributed by atoms with Gasteiger partial charge in [0.2, 0.25) is 0 Å². The van der Waals surface area contributed by atoms with Crippen LogP contribution in [0.4, 0.5) is 4.79 Å². The van der Waals surface area contributed by atoms with Gasteiger partial charge in [0.1, 0.15) is 24.2 Å². The fourth-order valence-corrected chi connectivity index (χ4v) is 4.49. The summed E-state index contributed by atoms with van der Waals surface area (Å²) in [4.78, 5) is 39.1. The first-order chi connectivity index (χ1) is 18.4. The number of aliphatic hydroxyl groups excluding tert-OH is 1. The summed E-state index contributed by atoms with van der Waals surface area (Å²) in [6, 6.07) is 9.97. The van der Waals surface area contributed by atoms with Gasteiger partial charge in [0.25, 0.3) is 5.91 Å². The molecule has 1 aliphatic heterocycles. The van der Waals surface area contributed by atoms with Crippen LogP contribution >= 0.6 is 15.9 Å². The predicted molar refractivity (Wildman–Crippen MR) is 136 cm³/mol. The zero-order valence-corrected chi connectivity index (χ0v) is 22.9. The van der Waals surface area contributed by atoms with E-state index in [2.05, 4.69) is 15.9 Å². The third-order valence-corrected chi connectivity index (χ3v) is 6.39. The van der Waals surface area contributed by atoms with Gasteiger partial charge in [-0.3, -0.25) is 9.59 Å². The standard InChI is InChI=1S/C26H32BrNO10/c1-17(30)37-23(22-15-19(27)21(38-22)9-6-11-34-13-14-35-12-10-29)24(33-2)25(31)28-20(16-36-26(28)32)18-7-4-3-5-8-18/h3-5,7-8,15,20,23-24,29H,6,9-14,16H2,1-2H3/t20-,23-,24+/m0/s1. The van der Waals surface area contributed by atoms with Crippen LogP contribution in [0.3, 0.4) is 0 Å². The molecule has 0 bridgehead atoms. The first kappa shape index (κ1) is 29.8. The highest BCUT2D eigenvalue weighted by Gasteiger charge is 2.46. The number of halogens is 1. The Morgan fingerprint density at radius 3 is 2.53 bits per heavy atom. The first-order valence-electron chi connectivity index (χ1n) is 12.2. The fraction of sp³-hybridized carbons (Fsp3) is 0.500. The largest absolute Gasteiger partial charge is 0.461 e. The van der Waals surface area contributed by atoms with E-state index in [4.69, 9.17) is 33.2 Å². The molecule has 11 nitrogen and oxygen atoms in total. The molecule has 38 heavy (non-hydrogen) atoms. The molecule has 3 atom stereocenters. The van der Waals surface area contributed by atoms with Gasteiger partial charge >= 0.3 is 12.1 Å². The molecule has 2 aromatic rings. The highest BCUT2D eigenvalue weighted by Crippen LogP contribution is 2.35. The predicted octanol–water partition coefficient (Wildman–Crippen LogP) is 3.34. The summed E-state index contributed by atoms with van der Waals surface area (Å²) >= 11 is 3.46. The van der Waals surface area contributed by atoms with Crippen molar-refractivity contribution in [2.24, 2.45) is 0 Å². The maximum Gasteiger partial charge on any atom is 0.417 e. The van der Waals surface area contributed by atoms with Crippen LogP contribution < -0.4 is 0 Å². The second-order valence-corrected chi connectivity index (χ2v) is 9.22. The molecule has 3 rings (SSSR count). The molecule has 1 N–H and O–H groups in total. The molecule has 208 valence electrons. The number of aliphatic hydroxyl groups is 1. The molecule has 0 aliphatic carbocycles. The number of amides is 2. The van der Waals surface area contributed by atoms with Crippen molar-refractivity contribution in [3.8, 4) is 0 Å². The van der Waals surface area contributed by atoms with Crippen molar-refractivity contribution in [1.29, 1.82) is 0 Å². The first-order valence-corrected chi connectivity index (χ1v) is 13.0. The molecule has 1 fully saturated rings. The number of benzene rings is 1. The lowest BCUT2D eigenvalue weighted by molar-refractivity contribution is -0.164. The lowest BCUT2D eigenvalue weighted by atomic mass is 10.0. The molecular weight excluding hydrogens is 566 g/mol. The smallest absolute Gasteiger partial charge is 0.417 e. The molecule has 2 amide bonds. The number of nitrogens with zero attached hydrogens (tertiary/aromatic N) is 1. The number of methoxy groups -OCH3 is 1. The number of hydrogen-bond acceptors (Lipinski definition) is 10. The normalized spacial score (nSPS) is 16.8. The Kier molecular flexibility index (Phi) is 11.7. The summed E-state index contributed by atoms with van der Waals surface area (Å²) in [6.07, 6.45) is -2.29. The number of aryl methyl sites for hydroxylation is 1. The summed E-state index contributed by atoms with van der Waals surface area (Å²) in [7, 11) is 1.29. The molecule has 2 heterocycles. The van der Waals surface area contributed by atoms with Crippen LogP contribution in [0.5, 0.6) is 0 Å². The van der Waals surface area contributed by atoms with E-state index < -0.39 is 36.2 Å². The van der Waals surface area contributed by atoms with Gasteiger partial charge in [0, 0.05) is 27.1 Å². The Hall–Kier alpha value is -2.77.